The van der Waals surface area contributed by atoms with Gasteiger partial charge in [-0.3, -0.25) is 9.88 Å². The Morgan fingerprint density at radius 1 is 1.00 bits per heavy atom. The first-order chi connectivity index (χ1) is 12.1. The van der Waals surface area contributed by atoms with Crippen molar-refractivity contribution in [2.24, 2.45) is 0 Å². The minimum absolute atomic E-state index is 0.121. The molecule has 0 bridgehead atoms. The van der Waals surface area contributed by atoms with E-state index < -0.39 is 0 Å². The average molecular weight is 337 g/mol. The summed E-state index contributed by atoms with van der Waals surface area (Å²) in [6.07, 6.45) is 1.82. The van der Waals surface area contributed by atoms with Crippen LogP contribution in [0.3, 0.4) is 0 Å². The summed E-state index contributed by atoms with van der Waals surface area (Å²) >= 11 is 0. The lowest BCUT2D eigenvalue weighted by Gasteiger charge is -2.27. The highest BCUT2D eigenvalue weighted by Crippen LogP contribution is 2.23. The van der Waals surface area contributed by atoms with E-state index in [1.807, 2.05) is 49.5 Å². The predicted octanol–water partition coefficient (Wildman–Crippen LogP) is 3.29. The highest BCUT2D eigenvalue weighted by atomic mass is 16.5. The number of rotatable bonds is 7. The molecule has 0 amide bonds. The Hall–Kier alpha value is -2.73. The lowest BCUT2D eigenvalue weighted by atomic mass is 10.1. The summed E-state index contributed by atoms with van der Waals surface area (Å²) in [6, 6.07) is 16.5. The molecule has 1 aromatic carbocycles. The number of pyridine rings is 1. The third kappa shape index (κ3) is 4.42. The topological polar surface area (TPSA) is 58.3 Å². The van der Waals surface area contributed by atoms with E-state index in [-0.39, 0.29) is 6.04 Å². The molecule has 3 rings (SSSR count). The lowest BCUT2D eigenvalue weighted by molar-refractivity contribution is 0.164. The van der Waals surface area contributed by atoms with Crippen molar-refractivity contribution >= 4 is 5.95 Å². The lowest BCUT2D eigenvalue weighted by Crippen LogP contribution is -2.27. The van der Waals surface area contributed by atoms with Crippen molar-refractivity contribution < 1.29 is 4.52 Å². The van der Waals surface area contributed by atoms with Gasteiger partial charge >= 0.3 is 0 Å². The predicted molar refractivity (Wildman–Crippen MR) is 97.0 cm³/mol. The zero-order chi connectivity index (χ0) is 17.6. The number of aromatic nitrogens is 3. The van der Waals surface area contributed by atoms with Gasteiger partial charge in [0, 0.05) is 26.8 Å². The van der Waals surface area contributed by atoms with Crippen LogP contribution in [0, 0.1) is 0 Å². The zero-order valence-electron chi connectivity index (χ0n) is 14.8. The maximum atomic E-state index is 5.42. The van der Waals surface area contributed by atoms with E-state index in [0.29, 0.717) is 18.4 Å². The number of anilines is 1. The fraction of sp³-hybridized carbons (Fsp3) is 0.316. The van der Waals surface area contributed by atoms with Crippen molar-refractivity contribution in [1.29, 1.82) is 0 Å². The van der Waals surface area contributed by atoms with Crippen LogP contribution < -0.4 is 4.90 Å². The fourth-order valence-electron chi connectivity index (χ4n) is 2.62. The van der Waals surface area contributed by atoms with Crippen LogP contribution >= 0.6 is 0 Å². The van der Waals surface area contributed by atoms with Crippen LogP contribution in [0.25, 0.3) is 0 Å². The highest BCUT2D eigenvalue weighted by Gasteiger charge is 2.20. The van der Waals surface area contributed by atoms with Gasteiger partial charge < -0.3 is 9.42 Å². The standard InChI is InChI=1S/C19H23N5O/c1-15(17-11-7-8-12-20-17)24(13-16-9-5-4-6-10-16)14-18-21-19(22-25-18)23(2)3/h4-12,15H,13-14H2,1-3H3/t15-/m0/s1. The van der Waals surface area contributed by atoms with Gasteiger partial charge in [-0.1, -0.05) is 36.4 Å². The maximum Gasteiger partial charge on any atom is 0.265 e. The number of benzene rings is 1. The van der Waals surface area contributed by atoms with Gasteiger partial charge in [-0.15, -0.1) is 0 Å². The third-order valence-electron chi connectivity index (χ3n) is 4.09. The van der Waals surface area contributed by atoms with Gasteiger partial charge in [0.15, 0.2) is 0 Å². The molecule has 130 valence electrons. The summed E-state index contributed by atoms with van der Waals surface area (Å²) in [4.78, 5) is 13.1. The van der Waals surface area contributed by atoms with E-state index >= 15 is 0 Å². The van der Waals surface area contributed by atoms with E-state index in [4.69, 9.17) is 4.52 Å². The molecule has 6 heteroatoms. The van der Waals surface area contributed by atoms with E-state index in [1.54, 1.807) is 0 Å². The fourth-order valence-corrected chi connectivity index (χ4v) is 2.62. The molecule has 0 saturated heterocycles. The largest absolute Gasteiger partial charge is 0.344 e. The van der Waals surface area contributed by atoms with Gasteiger partial charge in [-0.25, -0.2) is 0 Å². The van der Waals surface area contributed by atoms with Crippen molar-refractivity contribution in [1.82, 2.24) is 20.0 Å². The van der Waals surface area contributed by atoms with Gasteiger partial charge in [0.2, 0.25) is 5.89 Å². The van der Waals surface area contributed by atoms with Gasteiger partial charge in [0.1, 0.15) is 0 Å². The Bertz CT molecular complexity index is 773. The molecule has 0 fully saturated rings. The van der Waals surface area contributed by atoms with Gasteiger partial charge in [-0.05, 0) is 29.8 Å². The summed E-state index contributed by atoms with van der Waals surface area (Å²) in [5, 5.41) is 4.01. The van der Waals surface area contributed by atoms with Gasteiger partial charge in [0.25, 0.3) is 5.95 Å². The second kappa shape index (κ2) is 7.90. The minimum atomic E-state index is 0.121. The molecule has 1 atom stereocenters. The van der Waals surface area contributed by atoms with Crippen LogP contribution in [-0.2, 0) is 13.1 Å². The van der Waals surface area contributed by atoms with E-state index in [0.717, 1.165) is 12.2 Å². The molecule has 0 unspecified atom stereocenters. The average Bonchev–Trinajstić information content (AvgIpc) is 3.11. The van der Waals surface area contributed by atoms with Crippen LogP contribution in [0.15, 0.2) is 59.3 Å². The SMILES string of the molecule is C[C@@H](c1ccccn1)N(Cc1ccccc1)Cc1nc(N(C)C)no1. The Balaban J connectivity index is 1.82. The molecule has 0 spiro atoms. The maximum absolute atomic E-state index is 5.42. The van der Waals surface area contributed by atoms with Crippen molar-refractivity contribution in [2.75, 3.05) is 19.0 Å². The second-order valence-corrected chi connectivity index (χ2v) is 6.20. The molecular weight excluding hydrogens is 314 g/mol. The second-order valence-electron chi connectivity index (χ2n) is 6.20. The normalized spacial score (nSPS) is 12.3. The van der Waals surface area contributed by atoms with Gasteiger partial charge in [-0.2, -0.15) is 4.98 Å². The van der Waals surface area contributed by atoms with Crippen molar-refractivity contribution in [3.63, 3.8) is 0 Å². The summed E-state index contributed by atoms with van der Waals surface area (Å²) < 4.78 is 5.42. The smallest absolute Gasteiger partial charge is 0.265 e. The zero-order valence-corrected chi connectivity index (χ0v) is 14.8. The Kier molecular flexibility index (Phi) is 5.40. The summed E-state index contributed by atoms with van der Waals surface area (Å²) in [5.41, 5.74) is 2.25. The van der Waals surface area contributed by atoms with Crippen LogP contribution in [0.5, 0.6) is 0 Å². The number of hydrogen-bond acceptors (Lipinski definition) is 6. The van der Waals surface area contributed by atoms with Crippen molar-refractivity contribution in [2.45, 2.75) is 26.1 Å². The Morgan fingerprint density at radius 2 is 1.76 bits per heavy atom. The van der Waals surface area contributed by atoms with Gasteiger partial charge in [0.05, 0.1) is 18.3 Å². The molecule has 2 heterocycles. The molecule has 0 saturated carbocycles. The molecule has 0 N–H and O–H groups in total. The van der Waals surface area contributed by atoms with Crippen molar-refractivity contribution in [3.8, 4) is 0 Å². The Labute approximate surface area is 148 Å². The monoisotopic (exact) mass is 337 g/mol. The van der Waals surface area contributed by atoms with Crippen molar-refractivity contribution in [3.05, 3.63) is 71.9 Å². The summed E-state index contributed by atoms with van der Waals surface area (Å²) in [6.45, 7) is 3.49. The van der Waals surface area contributed by atoms with E-state index in [2.05, 4.69) is 51.2 Å². The van der Waals surface area contributed by atoms with Crippen LogP contribution in [-0.4, -0.2) is 34.1 Å². The first-order valence-electron chi connectivity index (χ1n) is 8.32. The minimum Gasteiger partial charge on any atom is -0.344 e. The van der Waals surface area contributed by atoms with Crippen LogP contribution in [0.4, 0.5) is 5.95 Å². The van der Waals surface area contributed by atoms with E-state index in [9.17, 15) is 0 Å². The molecule has 2 aromatic heterocycles. The first kappa shape index (κ1) is 17.1. The molecule has 0 aliphatic heterocycles. The molecular formula is C19H23N5O. The molecule has 3 aromatic rings. The molecule has 25 heavy (non-hydrogen) atoms. The summed E-state index contributed by atoms with van der Waals surface area (Å²) in [7, 11) is 3.79. The summed E-state index contributed by atoms with van der Waals surface area (Å²) in [5.74, 6) is 1.18. The number of nitrogens with zero attached hydrogens (tertiary/aromatic N) is 5. The van der Waals surface area contributed by atoms with Crippen LogP contribution in [0.2, 0.25) is 0 Å². The molecule has 0 aliphatic rings. The molecule has 0 radical (unpaired) electrons. The van der Waals surface area contributed by atoms with E-state index in [1.165, 1.54) is 5.56 Å². The molecule has 6 nitrogen and oxygen atoms in total. The van der Waals surface area contributed by atoms with Crippen LogP contribution in [0.1, 0.15) is 30.1 Å². The Morgan fingerprint density at radius 3 is 2.40 bits per heavy atom. The highest BCUT2D eigenvalue weighted by molar-refractivity contribution is 5.23. The first-order valence-corrected chi connectivity index (χ1v) is 8.32. The third-order valence-corrected chi connectivity index (χ3v) is 4.09. The number of hydrogen-bond donors (Lipinski definition) is 0. The quantitative estimate of drug-likeness (QED) is 0.659. The molecule has 0 aliphatic carbocycles.